The van der Waals surface area contributed by atoms with Crippen LogP contribution in [0.4, 0.5) is 0 Å². The maximum Gasteiger partial charge on any atom is 0.494 e. The molecule has 0 amide bonds. The average Bonchev–Trinajstić information content (AvgIpc) is 2.76. The fourth-order valence-electron chi connectivity index (χ4n) is 2.70. The quantitative estimate of drug-likeness (QED) is 0.812. The molecule has 4 nitrogen and oxygen atoms in total. The third kappa shape index (κ3) is 2.94. The highest BCUT2D eigenvalue weighted by Crippen LogP contribution is 2.37. The molecule has 1 saturated heterocycles. The van der Waals surface area contributed by atoms with Gasteiger partial charge in [-0.15, -0.1) is 0 Å². The predicted molar refractivity (Wildman–Crippen MR) is 96.7 cm³/mol. The fraction of sp³-hybridized carbons (Fsp3) is 0.421. The third-order valence-corrected chi connectivity index (χ3v) is 4.97. The van der Waals surface area contributed by atoms with E-state index in [1.807, 2.05) is 37.4 Å². The summed E-state index contributed by atoms with van der Waals surface area (Å²) in [6.45, 7) is 10.2. The van der Waals surface area contributed by atoms with Gasteiger partial charge in [0.15, 0.2) is 0 Å². The monoisotopic (exact) mass is 325 g/mol. The molecule has 2 heterocycles. The summed E-state index contributed by atoms with van der Waals surface area (Å²) in [5, 5.41) is 0. The van der Waals surface area contributed by atoms with Crippen LogP contribution in [0.15, 0.2) is 36.5 Å². The lowest BCUT2D eigenvalue weighted by atomic mass is 9.78. The van der Waals surface area contributed by atoms with Crippen LogP contribution in [0, 0.1) is 6.92 Å². The van der Waals surface area contributed by atoms with E-state index in [0.29, 0.717) is 0 Å². The van der Waals surface area contributed by atoms with Crippen molar-refractivity contribution in [2.75, 3.05) is 7.11 Å². The summed E-state index contributed by atoms with van der Waals surface area (Å²) in [5.74, 6) is 0.785. The van der Waals surface area contributed by atoms with E-state index in [2.05, 4.69) is 38.7 Å². The molecule has 126 valence electrons. The van der Waals surface area contributed by atoms with Crippen LogP contribution >= 0.6 is 0 Å². The van der Waals surface area contributed by atoms with Crippen molar-refractivity contribution in [1.29, 1.82) is 0 Å². The number of aromatic nitrogens is 1. The van der Waals surface area contributed by atoms with Crippen molar-refractivity contribution < 1.29 is 14.0 Å². The normalized spacial score (nSPS) is 18.7. The minimum atomic E-state index is -0.394. The van der Waals surface area contributed by atoms with Gasteiger partial charge in [0, 0.05) is 23.0 Å². The van der Waals surface area contributed by atoms with E-state index in [1.54, 1.807) is 7.11 Å². The van der Waals surface area contributed by atoms with Crippen LogP contribution in [-0.4, -0.2) is 30.4 Å². The summed E-state index contributed by atoms with van der Waals surface area (Å²) in [4.78, 5) is 4.36. The molecule has 1 aliphatic heterocycles. The van der Waals surface area contributed by atoms with Crippen molar-refractivity contribution in [2.45, 2.75) is 45.8 Å². The Balaban J connectivity index is 1.94. The van der Waals surface area contributed by atoms with Crippen molar-refractivity contribution in [3.63, 3.8) is 0 Å². The van der Waals surface area contributed by atoms with E-state index in [0.717, 1.165) is 28.0 Å². The summed E-state index contributed by atoms with van der Waals surface area (Å²) >= 11 is 0. The fourth-order valence-corrected chi connectivity index (χ4v) is 2.70. The zero-order valence-electron chi connectivity index (χ0n) is 15.2. The molecule has 1 aromatic heterocycles. The molecule has 1 aromatic carbocycles. The van der Waals surface area contributed by atoms with Crippen LogP contribution in [0.2, 0.25) is 0 Å². The van der Waals surface area contributed by atoms with Crippen molar-refractivity contribution >= 4 is 12.6 Å². The lowest BCUT2D eigenvalue weighted by Crippen LogP contribution is -2.41. The minimum Gasteiger partial charge on any atom is -0.496 e. The van der Waals surface area contributed by atoms with Crippen LogP contribution in [-0.2, 0) is 9.31 Å². The van der Waals surface area contributed by atoms with Crippen LogP contribution in [0.25, 0.3) is 11.1 Å². The van der Waals surface area contributed by atoms with Gasteiger partial charge in [0.1, 0.15) is 5.75 Å². The molecule has 0 atom stereocenters. The first-order chi connectivity index (χ1) is 11.2. The van der Waals surface area contributed by atoms with E-state index >= 15 is 0 Å². The Morgan fingerprint density at radius 3 is 2.21 bits per heavy atom. The number of methoxy groups -OCH3 is 1. The van der Waals surface area contributed by atoms with Gasteiger partial charge in [-0.2, -0.15) is 0 Å². The molecular weight excluding hydrogens is 301 g/mol. The first-order valence-electron chi connectivity index (χ1n) is 8.20. The predicted octanol–water partition coefficient (Wildman–Crippen LogP) is 3.36. The SMILES string of the molecule is COc1cc(B2OC(C)(C)C(C)(C)O2)ccc1-c1ccc(C)nc1. The highest BCUT2D eigenvalue weighted by atomic mass is 16.7. The first-order valence-corrected chi connectivity index (χ1v) is 8.20. The summed E-state index contributed by atoms with van der Waals surface area (Å²) in [7, 11) is 1.28. The Kier molecular flexibility index (Phi) is 4.18. The Morgan fingerprint density at radius 2 is 1.67 bits per heavy atom. The van der Waals surface area contributed by atoms with Crippen LogP contribution < -0.4 is 10.2 Å². The summed E-state index contributed by atoms with van der Waals surface area (Å²) in [6.07, 6.45) is 1.86. The molecule has 0 aliphatic carbocycles. The van der Waals surface area contributed by atoms with E-state index in [4.69, 9.17) is 14.0 Å². The first kappa shape index (κ1) is 17.0. The van der Waals surface area contributed by atoms with Crippen molar-refractivity contribution in [3.8, 4) is 16.9 Å². The highest BCUT2D eigenvalue weighted by Gasteiger charge is 2.51. The molecule has 1 aliphatic rings. The Labute approximate surface area is 144 Å². The summed E-state index contributed by atoms with van der Waals surface area (Å²) in [5.41, 5.74) is 3.26. The second-order valence-corrected chi connectivity index (χ2v) is 7.24. The zero-order valence-corrected chi connectivity index (χ0v) is 15.2. The molecule has 3 rings (SSSR count). The van der Waals surface area contributed by atoms with Gasteiger partial charge >= 0.3 is 7.12 Å². The van der Waals surface area contributed by atoms with Crippen LogP contribution in [0.5, 0.6) is 5.75 Å². The van der Waals surface area contributed by atoms with Gasteiger partial charge in [-0.1, -0.05) is 18.2 Å². The van der Waals surface area contributed by atoms with Crippen LogP contribution in [0.1, 0.15) is 33.4 Å². The molecular formula is C19H24BNO3. The standard InChI is InChI=1S/C19H24BNO3/c1-13-7-8-14(12-21-13)16-10-9-15(11-17(16)22-6)20-23-18(2,3)19(4,5)24-20/h7-12H,1-6H3. The number of pyridine rings is 1. The maximum absolute atomic E-state index is 6.12. The van der Waals surface area contributed by atoms with Crippen molar-refractivity contribution in [1.82, 2.24) is 4.98 Å². The number of nitrogens with zero attached hydrogens (tertiary/aromatic N) is 1. The van der Waals surface area contributed by atoms with Gasteiger partial charge in [-0.3, -0.25) is 4.98 Å². The molecule has 0 radical (unpaired) electrons. The summed E-state index contributed by atoms with van der Waals surface area (Å²) < 4.78 is 17.8. The molecule has 24 heavy (non-hydrogen) atoms. The summed E-state index contributed by atoms with van der Waals surface area (Å²) in [6, 6.07) is 10.1. The Bertz CT molecular complexity index is 725. The van der Waals surface area contributed by atoms with Gasteiger partial charge in [0.2, 0.25) is 0 Å². The second kappa shape index (κ2) is 5.90. The van der Waals surface area contributed by atoms with Gasteiger partial charge in [0.25, 0.3) is 0 Å². The molecule has 0 bridgehead atoms. The smallest absolute Gasteiger partial charge is 0.494 e. The molecule has 0 spiro atoms. The number of benzene rings is 1. The van der Waals surface area contributed by atoms with E-state index in [-0.39, 0.29) is 11.2 Å². The van der Waals surface area contributed by atoms with E-state index in [9.17, 15) is 0 Å². The molecule has 2 aromatic rings. The molecule has 1 fully saturated rings. The van der Waals surface area contributed by atoms with E-state index in [1.165, 1.54) is 0 Å². The van der Waals surface area contributed by atoms with Gasteiger partial charge in [0.05, 0.1) is 18.3 Å². The van der Waals surface area contributed by atoms with Crippen molar-refractivity contribution in [2.24, 2.45) is 0 Å². The van der Waals surface area contributed by atoms with Crippen LogP contribution in [0.3, 0.4) is 0 Å². The van der Waals surface area contributed by atoms with Crippen molar-refractivity contribution in [3.05, 3.63) is 42.2 Å². The number of hydrogen-bond donors (Lipinski definition) is 0. The van der Waals surface area contributed by atoms with Gasteiger partial charge < -0.3 is 14.0 Å². The largest absolute Gasteiger partial charge is 0.496 e. The second-order valence-electron chi connectivity index (χ2n) is 7.24. The molecule has 0 saturated carbocycles. The number of hydrogen-bond acceptors (Lipinski definition) is 4. The molecule has 5 heteroatoms. The Hall–Kier alpha value is -1.85. The lowest BCUT2D eigenvalue weighted by molar-refractivity contribution is 0.00578. The highest BCUT2D eigenvalue weighted by molar-refractivity contribution is 6.62. The maximum atomic E-state index is 6.12. The third-order valence-electron chi connectivity index (χ3n) is 4.97. The average molecular weight is 325 g/mol. The lowest BCUT2D eigenvalue weighted by Gasteiger charge is -2.32. The number of rotatable bonds is 3. The van der Waals surface area contributed by atoms with Gasteiger partial charge in [-0.25, -0.2) is 0 Å². The minimum absolute atomic E-state index is 0.357. The Morgan fingerprint density at radius 1 is 1.00 bits per heavy atom. The van der Waals surface area contributed by atoms with E-state index < -0.39 is 7.12 Å². The number of ether oxygens (including phenoxy) is 1. The molecule has 0 N–H and O–H groups in total. The topological polar surface area (TPSA) is 40.6 Å². The molecule has 0 unspecified atom stereocenters. The van der Waals surface area contributed by atoms with Gasteiger partial charge in [-0.05, 0) is 52.2 Å². The number of aryl methyl sites for hydroxylation is 1. The zero-order chi connectivity index (χ0) is 17.5.